The summed E-state index contributed by atoms with van der Waals surface area (Å²) in [6, 6.07) is 10.7. The molecular weight excluding hydrogens is 245 g/mol. The average molecular weight is 261 g/mol. The van der Waals surface area contributed by atoms with Gasteiger partial charge in [0, 0.05) is 11.6 Å². The smallest absolute Gasteiger partial charge is 0.124 e. The lowest BCUT2D eigenvalue weighted by atomic mass is 10.1. The van der Waals surface area contributed by atoms with Crippen molar-refractivity contribution in [2.75, 3.05) is 0 Å². The molecule has 0 unspecified atom stereocenters. The maximum atomic E-state index is 13.2. The van der Waals surface area contributed by atoms with Crippen molar-refractivity contribution in [2.24, 2.45) is 5.73 Å². The first-order valence-electron chi connectivity index (χ1n) is 6.02. The molecule has 0 spiro atoms. The molecule has 19 heavy (non-hydrogen) atoms. The van der Waals surface area contributed by atoms with E-state index in [1.807, 2.05) is 0 Å². The van der Waals surface area contributed by atoms with Crippen LogP contribution in [0, 0.1) is 5.82 Å². The molecule has 3 N–H and O–H groups in total. The highest BCUT2D eigenvalue weighted by molar-refractivity contribution is 5.36. The number of halogens is 1. The zero-order valence-electron chi connectivity index (χ0n) is 10.6. The lowest BCUT2D eigenvalue weighted by Gasteiger charge is -2.14. The van der Waals surface area contributed by atoms with E-state index >= 15 is 0 Å². The van der Waals surface area contributed by atoms with Gasteiger partial charge in [-0.2, -0.15) is 0 Å². The van der Waals surface area contributed by atoms with E-state index in [4.69, 9.17) is 10.5 Å². The molecule has 0 aliphatic heterocycles. The van der Waals surface area contributed by atoms with Crippen molar-refractivity contribution in [1.29, 1.82) is 0 Å². The average Bonchev–Trinajstić information content (AvgIpc) is 2.39. The third kappa shape index (κ3) is 3.45. The highest BCUT2D eigenvalue weighted by Crippen LogP contribution is 2.25. The first-order chi connectivity index (χ1) is 9.06. The number of phenols is 1. The van der Waals surface area contributed by atoms with E-state index in [1.54, 1.807) is 37.3 Å². The van der Waals surface area contributed by atoms with Gasteiger partial charge < -0.3 is 15.6 Å². The summed E-state index contributed by atoms with van der Waals surface area (Å²) in [4.78, 5) is 0. The van der Waals surface area contributed by atoms with Gasteiger partial charge in [-0.05, 0) is 42.8 Å². The van der Waals surface area contributed by atoms with Crippen molar-refractivity contribution in [2.45, 2.75) is 19.6 Å². The van der Waals surface area contributed by atoms with Crippen molar-refractivity contribution in [3.05, 3.63) is 59.4 Å². The Balaban J connectivity index is 2.13. The van der Waals surface area contributed by atoms with E-state index < -0.39 is 0 Å². The van der Waals surface area contributed by atoms with Crippen molar-refractivity contribution in [3.8, 4) is 11.5 Å². The summed E-state index contributed by atoms with van der Waals surface area (Å²) in [5, 5.41) is 9.19. The predicted octanol–water partition coefficient (Wildman–Crippen LogP) is 3.13. The minimum absolute atomic E-state index is 0.210. The minimum Gasteiger partial charge on any atom is -0.508 e. The normalized spacial score (nSPS) is 12.2. The summed E-state index contributed by atoms with van der Waals surface area (Å²) in [6.07, 6.45) is 0. The Morgan fingerprint density at radius 2 is 1.89 bits per heavy atom. The first kappa shape index (κ1) is 13.4. The number of hydrogen-bond donors (Lipinski definition) is 2. The highest BCUT2D eigenvalue weighted by Gasteiger charge is 2.09. The van der Waals surface area contributed by atoms with Crippen LogP contribution in [-0.2, 0) is 6.61 Å². The van der Waals surface area contributed by atoms with Crippen LogP contribution in [0.15, 0.2) is 42.5 Å². The second-order valence-corrected chi connectivity index (χ2v) is 4.43. The van der Waals surface area contributed by atoms with E-state index in [0.29, 0.717) is 17.9 Å². The minimum atomic E-state index is -0.329. The molecule has 1 atom stereocenters. The number of phenolic OH excluding ortho intramolecular Hbond substituents is 1. The summed E-state index contributed by atoms with van der Waals surface area (Å²) in [7, 11) is 0. The molecular formula is C15H16FNO2. The molecule has 0 bridgehead atoms. The maximum Gasteiger partial charge on any atom is 0.124 e. The monoisotopic (exact) mass is 261 g/mol. The Morgan fingerprint density at radius 3 is 2.53 bits per heavy atom. The Morgan fingerprint density at radius 1 is 1.21 bits per heavy atom. The van der Waals surface area contributed by atoms with Gasteiger partial charge in [-0.3, -0.25) is 0 Å². The van der Waals surface area contributed by atoms with E-state index in [1.165, 1.54) is 12.1 Å². The van der Waals surface area contributed by atoms with Crippen LogP contribution in [0.4, 0.5) is 4.39 Å². The van der Waals surface area contributed by atoms with Crippen molar-refractivity contribution >= 4 is 0 Å². The molecule has 0 amide bonds. The number of aromatic hydroxyl groups is 1. The Hall–Kier alpha value is -2.07. The summed E-state index contributed by atoms with van der Waals surface area (Å²) in [5.41, 5.74) is 7.34. The van der Waals surface area contributed by atoms with Gasteiger partial charge in [-0.1, -0.05) is 12.1 Å². The van der Waals surface area contributed by atoms with Gasteiger partial charge in [0.25, 0.3) is 0 Å². The third-order valence-corrected chi connectivity index (χ3v) is 2.79. The summed E-state index contributed by atoms with van der Waals surface area (Å²) in [5.74, 6) is 0.454. The Labute approximate surface area is 111 Å². The molecule has 4 heteroatoms. The zero-order valence-corrected chi connectivity index (χ0v) is 10.6. The van der Waals surface area contributed by atoms with Crippen LogP contribution in [0.3, 0.4) is 0 Å². The number of hydrogen-bond acceptors (Lipinski definition) is 3. The van der Waals surface area contributed by atoms with Crippen LogP contribution in [0.2, 0.25) is 0 Å². The Kier molecular flexibility index (Phi) is 4.02. The van der Waals surface area contributed by atoms with Crippen molar-refractivity contribution in [3.63, 3.8) is 0 Å². The summed E-state index contributed by atoms with van der Waals surface area (Å²) >= 11 is 0. The van der Waals surface area contributed by atoms with Crippen LogP contribution >= 0.6 is 0 Å². The van der Waals surface area contributed by atoms with Crippen molar-refractivity contribution < 1.29 is 14.2 Å². The first-order valence-corrected chi connectivity index (χ1v) is 6.02. The second-order valence-electron chi connectivity index (χ2n) is 4.43. The van der Waals surface area contributed by atoms with Gasteiger partial charge >= 0.3 is 0 Å². The number of nitrogens with two attached hydrogens (primary N) is 1. The van der Waals surface area contributed by atoms with Gasteiger partial charge in [0.15, 0.2) is 0 Å². The maximum absolute atomic E-state index is 13.2. The second kappa shape index (κ2) is 5.71. The van der Waals surface area contributed by atoms with Gasteiger partial charge in [-0.25, -0.2) is 4.39 Å². The summed E-state index contributed by atoms with van der Waals surface area (Å²) < 4.78 is 18.8. The Bertz CT molecular complexity index is 553. The van der Waals surface area contributed by atoms with E-state index in [2.05, 4.69) is 0 Å². The fraction of sp³-hybridized carbons (Fsp3) is 0.200. The molecule has 0 saturated carbocycles. The van der Waals surface area contributed by atoms with E-state index in [9.17, 15) is 9.50 Å². The number of ether oxygens (including phenoxy) is 1. The molecule has 0 saturated heterocycles. The molecule has 0 aromatic heterocycles. The molecule has 0 fully saturated rings. The molecule has 2 rings (SSSR count). The van der Waals surface area contributed by atoms with Gasteiger partial charge in [0.05, 0.1) is 0 Å². The van der Waals surface area contributed by atoms with Crippen LogP contribution in [-0.4, -0.2) is 5.11 Å². The van der Waals surface area contributed by atoms with Crippen LogP contribution in [0.1, 0.15) is 24.1 Å². The quantitative estimate of drug-likeness (QED) is 0.889. The molecule has 2 aromatic carbocycles. The fourth-order valence-corrected chi connectivity index (χ4v) is 1.76. The van der Waals surface area contributed by atoms with Crippen LogP contribution in [0.25, 0.3) is 0 Å². The SMILES string of the molecule is C[C@H](N)c1cc(F)ccc1OCc1ccc(O)cc1. The van der Waals surface area contributed by atoms with Gasteiger partial charge in [0.2, 0.25) is 0 Å². The number of benzene rings is 2. The molecule has 3 nitrogen and oxygen atoms in total. The molecule has 0 radical (unpaired) electrons. The van der Waals surface area contributed by atoms with Gasteiger partial charge in [-0.15, -0.1) is 0 Å². The zero-order chi connectivity index (χ0) is 13.8. The molecule has 0 aliphatic carbocycles. The van der Waals surface area contributed by atoms with Crippen LogP contribution in [0.5, 0.6) is 11.5 Å². The standard InChI is InChI=1S/C15H16FNO2/c1-10(17)14-8-12(16)4-7-15(14)19-9-11-2-5-13(18)6-3-11/h2-8,10,18H,9,17H2,1H3/t10-/m0/s1. The topological polar surface area (TPSA) is 55.5 Å². The highest BCUT2D eigenvalue weighted by atomic mass is 19.1. The fourth-order valence-electron chi connectivity index (χ4n) is 1.76. The van der Waals surface area contributed by atoms with Crippen molar-refractivity contribution in [1.82, 2.24) is 0 Å². The largest absolute Gasteiger partial charge is 0.508 e. The van der Waals surface area contributed by atoms with E-state index in [0.717, 1.165) is 5.56 Å². The lowest BCUT2D eigenvalue weighted by Crippen LogP contribution is -2.08. The molecule has 0 heterocycles. The molecule has 2 aromatic rings. The molecule has 100 valence electrons. The number of rotatable bonds is 4. The summed E-state index contributed by atoms with van der Waals surface area (Å²) in [6.45, 7) is 2.12. The predicted molar refractivity (Wildman–Crippen MR) is 71.4 cm³/mol. The van der Waals surface area contributed by atoms with Crippen LogP contribution < -0.4 is 10.5 Å². The third-order valence-electron chi connectivity index (χ3n) is 2.79. The lowest BCUT2D eigenvalue weighted by molar-refractivity contribution is 0.300. The van der Waals surface area contributed by atoms with E-state index in [-0.39, 0.29) is 17.6 Å². The molecule has 0 aliphatic rings. The van der Waals surface area contributed by atoms with Gasteiger partial charge in [0.1, 0.15) is 23.9 Å².